The number of aryl methyl sites for hydroxylation is 1. The van der Waals surface area contributed by atoms with Crippen LogP contribution in [-0.2, 0) is 19.2 Å². The summed E-state index contributed by atoms with van der Waals surface area (Å²) in [6.45, 7) is 3.38. The molecule has 1 aliphatic heterocycles. The second-order valence-corrected chi connectivity index (χ2v) is 12.0. The summed E-state index contributed by atoms with van der Waals surface area (Å²) in [6.07, 6.45) is 3.75. The van der Waals surface area contributed by atoms with E-state index in [2.05, 4.69) is 0 Å². The molecule has 0 spiro atoms. The maximum atomic E-state index is 14.2. The molecule has 1 heterocycles. The number of phenolic OH excluding ortho intramolecular Hbond substituents is 1. The molecular weight excluding hydrogens is 554 g/mol. The van der Waals surface area contributed by atoms with Crippen LogP contribution in [0.5, 0.6) is 5.75 Å². The molecule has 3 aromatic carbocycles. The zero-order valence-electron chi connectivity index (χ0n) is 24.2. The summed E-state index contributed by atoms with van der Waals surface area (Å²) in [4.78, 5) is 69.0. The Labute approximate surface area is 254 Å². The van der Waals surface area contributed by atoms with Crippen LogP contribution in [0.15, 0.2) is 107 Å². The van der Waals surface area contributed by atoms with Gasteiger partial charge in [0.15, 0.2) is 17.3 Å². The topological polar surface area (TPSA) is 109 Å². The van der Waals surface area contributed by atoms with Gasteiger partial charge in [-0.15, -0.1) is 0 Å². The molecule has 0 bridgehead atoms. The first kappa shape index (κ1) is 27.7. The summed E-state index contributed by atoms with van der Waals surface area (Å²) in [5.41, 5.74) is 4.32. The first-order valence-electron chi connectivity index (χ1n) is 14.7. The molecule has 4 atom stereocenters. The first-order valence-corrected chi connectivity index (χ1v) is 14.7. The maximum Gasteiger partial charge on any atom is 0.238 e. The van der Waals surface area contributed by atoms with Crippen LogP contribution in [0, 0.1) is 24.7 Å². The summed E-state index contributed by atoms with van der Waals surface area (Å²) in [6, 6.07) is 20.7. The predicted molar refractivity (Wildman–Crippen MR) is 163 cm³/mol. The molecule has 218 valence electrons. The number of phenols is 1. The van der Waals surface area contributed by atoms with Crippen LogP contribution < -0.4 is 4.90 Å². The van der Waals surface area contributed by atoms with E-state index in [0.29, 0.717) is 51.1 Å². The van der Waals surface area contributed by atoms with Crippen molar-refractivity contribution < 1.29 is 29.1 Å². The molecule has 1 N–H and O–H groups in total. The number of fused-ring (bicyclic) bond motifs is 3. The summed E-state index contributed by atoms with van der Waals surface area (Å²) >= 11 is 0. The minimum Gasteiger partial charge on any atom is -0.507 e. The molecule has 3 aromatic rings. The standard InChI is InChI=1S/C37H29NO6/c1-19-7-6-10-25(33(19)40)30-24-15-16-26-31(27(24)18-28-32(30)29(39)17-20(2)34(28)41)37(44)38(36(26)43)23-13-11-22(12-14-23)35(42)21-8-4-3-5-9-21/h3-15,17,26-27,30-31,40H,16,18H2,1-2H3/t26-,27+,30+,31-/m0/s1. The Bertz CT molecular complexity index is 1900. The van der Waals surface area contributed by atoms with Crippen LogP contribution in [0.4, 0.5) is 5.69 Å². The number of anilines is 1. The van der Waals surface area contributed by atoms with E-state index in [1.54, 1.807) is 80.6 Å². The molecule has 7 rings (SSSR count). The monoisotopic (exact) mass is 583 g/mol. The second kappa shape index (κ2) is 10.2. The number of Topliss-reactive ketones (excluding diaryl/α,β-unsaturated/α-hetero) is 1. The minimum absolute atomic E-state index is 0.0418. The van der Waals surface area contributed by atoms with E-state index in [4.69, 9.17) is 0 Å². The zero-order valence-corrected chi connectivity index (χ0v) is 24.2. The largest absolute Gasteiger partial charge is 0.507 e. The molecule has 2 amide bonds. The molecule has 44 heavy (non-hydrogen) atoms. The quantitative estimate of drug-likeness (QED) is 0.186. The third-order valence-corrected chi connectivity index (χ3v) is 9.57. The van der Waals surface area contributed by atoms with Crippen molar-refractivity contribution in [1.29, 1.82) is 0 Å². The number of amides is 2. The van der Waals surface area contributed by atoms with Crippen LogP contribution in [0.2, 0.25) is 0 Å². The van der Waals surface area contributed by atoms with Crippen molar-refractivity contribution in [2.24, 2.45) is 17.8 Å². The smallest absolute Gasteiger partial charge is 0.238 e. The number of carbonyl (C=O) groups excluding carboxylic acids is 5. The van der Waals surface area contributed by atoms with Crippen molar-refractivity contribution in [2.45, 2.75) is 32.6 Å². The van der Waals surface area contributed by atoms with Crippen LogP contribution in [0.25, 0.3) is 0 Å². The Morgan fingerprint density at radius 2 is 1.52 bits per heavy atom. The molecule has 4 aliphatic rings. The van der Waals surface area contributed by atoms with Gasteiger partial charge in [-0.3, -0.25) is 28.9 Å². The predicted octanol–water partition coefficient (Wildman–Crippen LogP) is 5.57. The Morgan fingerprint density at radius 1 is 0.818 bits per heavy atom. The lowest BCUT2D eigenvalue weighted by molar-refractivity contribution is -0.123. The number of ketones is 3. The number of carbonyl (C=O) groups is 5. The van der Waals surface area contributed by atoms with Gasteiger partial charge in [0.1, 0.15) is 5.75 Å². The SMILES string of the molecule is CC1=CC(=O)C2=C(C[C@@H]3C(=CC[C@@H]4C(=O)N(c5ccc(C(=O)c6ccccc6)cc5)C(=O)[C@@H]43)[C@@H]2c2cccc(C)c2O)C1=O. The lowest BCUT2D eigenvalue weighted by atomic mass is 9.59. The number of aromatic hydroxyl groups is 1. The number of rotatable bonds is 4. The van der Waals surface area contributed by atoms with Gasteiger partial charge in [0.2, 0.25) is 11.8 Å². The van der Waals surface area contributed by atoms with E-state index >= 15 is 0 Å². The third-order valence-electron chi connectivity index (χ3n) is 9.57. The van der Waals surface area contributed by atoms with Gasteiger partial charge in [0.25, 0.3) is 0 Å². The van der Waals surface area contributed by atoms with Crippen molar-refractivity contribution >= 4 is 34.9 Å². The number of nitrogens with zero attached hydrogens (tertiary/aromatic N) is 1. The van der Waals surface area contributed by atoms with Gasteiger partial charge in [-0.1, -0.05) is 60.2 Å². The van der Waals surface area contributed by atoms with Gasteiger partial charge >= 0.3 is 0 Å². The fourth-order valence-corrected chi connectivity index (χ4v) is 7.42. The lowest BCUT2D eigenvalue weighted by Gasteiger charge is -2.42. The Morgan fingerprint density at radius 3 is 2.25 bits per heavy atom. The summed E-state index contributed by atoms with van der Waals surface area (Å²) in [5.74, 6) is -3.88. The van der Waals surface area contributed by atoms with E-state index < -0.39 is 23.7 Å². The van der Waals surface area contributed by atoms with Gasteiger partial charge in [-0.2, -0.15) is 0 Å². The summed E-state index contributed by atoms with van der Waals surface area (Å²) in [5, 5.41) is 11.1. The average molecular weight is 584 g/mol. The Kier molecular flexibility index (Phi) is 6.43. The van der Waals surface area contributed by atoms with Crippen LogP contribution in [0.1, 0.15) is 52.7 Å². The first-order chi connectivity index (χ1) is 21.2. The number of allylic oxidation sites excluding steroid dienone is 6. The van der Waals surface area contributed by atoms with E-state index in [-0.39, 0.29) is 41.3 Å². The van der Waals surface area contributed by atoms with Crippen molar-refractivity contribution in [3.63, 3.8) is 0 Å². The Balaban J connectivity index is 1.27. The number of para-hydroxylation sites is 1. The molecule has 0 saturated carbocycles. The van der Waals surface area contributed by atoms with Crippen LogP contribution in [-0.4, -0.2) is 34.3 Å². The minimum atomic E-state index is -0.731. The highest BCUT2D eigenvalue weighted by atomic mass is 16.3. The number of hydrogen-bond acceptors (Lipinski definition) is 6. The van der Waals surface area contributed by atoms with Crippen molar-refractivity contribution in [3.8, 4) is 5.75 Å². The highest BCUT2D eigenvalue weighted by molar-refractivity contribution is 6.25. The maximum absolute atomic E-state index is 14.2. The molecule has 7 heteroatoms. The van der Waals surface area contributed by atoms with Gasteiger partial charge in [0.05, 0.1) is 17.5 Å². The highest BCUT2D eigenvalue weighted by Gasteiger charge is 2.56. The fourth-order valence-electron chi connectivity index (χ4n) is 7.42. The molecule has 1 fully saturated rings. The highest BCUT2D eigenvalue weighted by Crippen LogP contribution is 2.56. The molecular formula is C37H29NO6. The molecule has 0 unspecified atom stereocenters. The van der Waals surface area contributed by atoms with E-state index in [9.17, 15) is 29.1 Å². The van der Waals surface area contributed by atoms with Gasteiger partial charge in [0, 0.05) is 39.3 Å². The lowest BCUT2D eigenvalue weighted by Crippen LogP contribution is -2.39. The van der Waals surface area contributed by atoms with E-state index in [1.807, 2.05) is 12.1 Å². The van der Waals surface area contributed by atoms with Gasteiger partial charge < -0.3 is 5.11 Å². The normalized spacial score (nSPS) is 24.5. The zero-order chi connectivity index (χ0) is 30.9. The van der Waals surface area contributed by atoms with Crippen molar-refractivity contribution in [2.75, 3.05) is 4.90 Å². The molecule has 1 saturated heterocycles. The Hall–Kier alpha value is -5.17. The van der Waals surface area contributed by atoms with Crippen molar-refractivity contribution in [3.05, 3.63) is 129 Å². The number of imide groups is 1. The third kappa shape index (κ3) is 4.07. The van der Waals surface area contributed by atoms with Crippen LogP contribution in [0.3, 0.4) is 0 Å². The number of hydrogen-bond donors (Lipinski definition) is 1. The molecule has 0 aromatic heterocycles. The van der Waals surface area contributed by atoms with E-state index in [0.717, 1.165) is 5.57 Å². The summed E-state index contributed by atoms with van der Waals surface area (Å²) < 4.78 is 0. The van der Waals surface area contributed by atoms with Crippen molar-refractivity contribution in [1.82, 2.24) is 0 Å². The van der Waals surface area contributed by atoms with E-state index in [1.165, 1.54) is 11.0 Å². The summed E-state index contributed by atoms with van der Waals surface area (Å²) in [7, 11) is 0. The van der Waals surface area contributed by atoms with Gasteiger partial charge in [-0.25, -0.2) is 0 Å². The molecule has 0 radical (unpaired) electrons. The second-order valence-electron chi connectivity index (χ2n) is 12.0. The average Bonchev–Trinajstić information content (AvgIpc) is 3.29. The molecule has 7 nitrogen and oxygen atoms in total. The molecule has 3 aliphatic carbocycles. The fraction of sp³-hybridized carbons (Fsp3) is 0.216. The number of benzene rings is 3. The van der Waals surface area contributed by atoms with Crippen LogP contribution >= 0.6 is 0 Å². The van der Waals surface area contributed by atoms with Gasteiger partial charge in [-0.05, 0) is 68.5 Å².